The van der Waals surface area contributed by atoms with Crippen LogP contribution in [-0.2, 0) is 0 Å². The van der Waals surface area contributed by atoms with E-state index in [-0.39, 0.29) is 0 Å². The van der Waals surface area contributed by atoms with Crippen molar-refractivity contribution in [2.24, 2.45) is 0 Å². The smallest absolute Gasteiger partial charge is 0.172 e. The lowest BCUT2D eigenvalue weighted by Gasteiger charge is -2.09. The fraction of sp³-hybridized carbons (Fsp3) is 0.0714. The van der Waals surface area contributed by atoms with Gasteiger partial charge in [-0.1, -0.05) is 28.9 Å². The van der Waals surface area contributed by atoms with Crippen LogP contribution in [0.1, 0.15) is 16.1 Å². The highest BCUT2D eigenvalue weighted by atomic mass is 35.5. The van der Waals surface area contributed by atoms with Crippen molar-refractivity contribution in [3.05, 3.63) is 52.0 Å². The molecule has 2 heterocycles. The maximum absolute atomic E-state index is 11.2. The molecule has 0 fully saturated rings. The van der Waals surface area contributed by atoms with Crippen LogP contribution in [0.2, 0.25) is 5.02 Å². The molecule has 6 heteroatoms. The normalized spacial score (nSPS) is 10.7. The summed E-state index contributed by atoms with van der Waals surface area (Å²) < 4.78 is 1.66. The van der Waals surface area contributed by atoms with E-state index < -0.39 is 0 Å². The fourth-order valence-corrected chi connectivity index (χ4v) is 2.93. The number of aromatic nitrogens is 3. The number of aldehydes is 1. The summed E-state index contributed by atoms with van der Waals surface area (Å²) in [5, 5.41) is 10.6. The maximum Gasteiger partial charge on any atom is 0.172 e. The predicted molar refractivity (Wildman–Crippen MR) is 79.8 cm³/mol. The predicted octanol–water partition coefficient (Wildman–Crippen LogP) is 3.77. The van der Waals surface area contributed by atoms with Crippen molar-refractivity contribution < 1.29 is 4.79 Å². The van der Waals surface area contributed by atoms with Gasteiger partial charge in [0, 0.05) is 5.02 Å². The second-order valence-corrected chi connectivity index (χ2v) is 5.65. The molecule has 3 rings (SSSR count). The van der Waals surface area contributed by atoms with Crippen molar-refractivity contribution in [1.82, 2.24) is 15.0 Å². The van der Waals surface area contributed by atoms with Crippen molar-refractivity contribution in [3.8, 4) is 16.3 Å². The lowest BCUT2D eigenvalue weighted by molar-refractivity contribution is 0.111. The van der Waals surface area contributed by atoms with Gasteiger partial charge in [0.1, 0.15) is 5.69 Å². The molecule has 0 aliphatic carbocycles. The van der Waals surface area contributed by atoms with Gasteiger partial charge in [0.05, 0.1) is 10.6 Å². The van der Waals surface area contributed by atoms with E-state index >= 15 is 0 Å². The third kappa shape index (κ3) is 2.15. The first kappa shape index (κ1) is 13.0. The Morgan fingerprint density at radius 3 is 2.90 bits per heavy atom. The summed E-state index contributed by atoms with van der Waals surface area (Å²) in [5.74, 6) is 0. The average Bonchev–Trinajstić information content (AvgIpc) is 3.08. The van der Waals surface area contributed by atoms with E-state index in [0.29, 0.717) is 16.4 Å². The number of carbonyl (C=O) groups is 1. The first-order valence-corrected chi connectivity index (χ1v) is 7.17. The molecule has 0 bridgehead atoms. The number of benzene rings is 1. The van der Waals surface area contributed by atoms with Gasteiger partial charge in [0.15, 0.2) is 12.0 Å². The molecule has 100 valence electrons. The number of halogens is 1. The quantitative estimate of drug-likeness (QED) is 0.692. The SMILES string of the molecule is Cc1ccc(Cl)cc1-n1nnc(C=O)c1-c1cccs1. The molecular formula is C14H10ClN3OS. The second-order valence-electron chi connectivity index (χ2n) is 4.26. The van der Waals surface area contributed by atoms with Crippen LogP contribution in [0.15, 0.2) is 35.7 Å². The number of hydrogen-bond donors (Lipinski definition) is 0. The van der Waals surface area contributed by atoms with Crippen LogP contribution < -0.4 is 0 Å². The van der Waals surface area contributed by atoms with Crippen molar-refractivity contribution in [2.75, 3.05) is 0 Å². The molecule has 20 heavy (non-hydrogen) atoms. The highest BCUT2D eigenvalue weighted by Crippen LogP contribution is 2.30. The van der Waals surface area contributed by atoms with E-state index in [1.165, 1.54) is 11.3 Å². The van der Waals surface area contributed by atoms with Gasteiger partial charge in [-0.15, -0.1) is 16.4 Å². The van der Waals surface area contributed by atoms with E-state index in [9.17, 15) is 4.79 Å². The van der Waals surface area contributed by atoms with E-state index in [4.69, 9.17) is 11.6 Å². The first-order chi connectivity index (χ1) is 9.70. The third-order valence-electron chi connectivity index (χ3n) is 2.96. The van der Waals surface area contributed by atoms with Gasteiger partial charge >= 0.3 is 0 Å². The molecule has 0 atom stereocenters. The molecule has 0 aliphatic rings. The lowest BCUT2D eigenvalue weighted by atomic mass is 10.2. The lowest BCUT2D eigenvalue weighted by Crippen LogP contribution is -2.01. The highest BCUT2D eigenvalue weighted by molar-refractivity contribution is 7.13. The van der Waals surface area contributed by atoms with Gasteiger partial charge in [-0.3, -0.25) is 4.79 Å². The highest BCUT2D eigenvalue weighted by Gasteiger charge is 2.17. The summed E-state index contributed by atoms with van der Waals surface area (Å²) in [4.78, 5) is 12.1. The van der Waals surface area contributed by atoms with Crippen LogP contribution in [0.3, 0.4) is 0 Å². The third-order valence-corrected chi connectivity index (χ3v) is 4.07. The second kappa shape index (κ2) is 5.19. The number of nitrogens with zero attached hydrogens (tertiary/aromatic N) is 3. The van der Waals surface area contributed by atoms with Gasteiger partial charge < -0.3 is 0 Å². The Morgan fingerprint density at radius 1 is 1.35 bits per heavy atom. The topological polar surface area (TPSA) is 47.8 Å². The average molecular weight is 304 g/mol. The van der Waals surface area contributed by atoms with Gasteiger partial charge in [-0.2, -0.15) is 0 Å². The summed E-state index contributed by atoms with van der Waals surface area (Å²) >= 11 is 7.59. The zero-order valence-corrected chi connectivity index (χ0v) is 12.1. The molecule has 2 aromatic heterocycles. The van der Waals surface area contributed by atoms with Crippen LogP contribution in [0.25, 0.3) is 16.3 Å². The van der Waals surface area contributed by atoms with Crippen molar-refractivity contribution >= 4 is 29.2 Å². The number of aryl methyl sites for hydroxylation is 1. The number of hydrogen-bond acceptors (Lipinski definition) is 4. The first-order valence-electron chi connectivity index (χ1n) is 5.92. The van der Waals surface area contributed by atoms with Crippen molar-refractivity contribution in [3.63, 3.8) is 0 Å². The van der Waals surface area contributed by atoms with Gasteiger partial charge in [-0.05, 0) is 36.1 Å². The minimum absolute atomic E-state index is 0.326. The molecule has 0 unspecified atom stereocenters. The van der Waals surface area contributed by atoms with Crippen LogP contribution in [0, 0.1) is 6.92 Å². The number of rotatable bonds is 3. The molecule has 0 amide bonds. The summed E-state index contributed by atoms with van der Waals surface area (Å²) in [6.45, 7) is 1.96. The molecular weight excluding hydrogens is 294 g/mol. The van der Waals surface area contributed by atoms with Crippen molar-refractivity contribution in [2.45, 2.75) is 6.92 Å². The van der Waals surface area contributed by atoms with Crippen LogP contribution >= 0.6 is 22.9 Å². The molecule has 0 radical (unpaired) electrons. The van der Waals surface area contributed by atoms with E-state index in [1.54, 1.807) is 4.68 Å². The van der Waals surface area contributed by atoms with Crippen LogP contribution in [-0.4, -0.2) is 21.3 Å². The Labute approximate surface area is 124 Å². The van der Waals surface area contributed by atoms with Gasteiger partial charge in [-0.25, -0.2) is 4.68 Å². The number of thiophene rings is 1. The summed E-state index contributed by atoms with van der Waals surface area (Å²) in [5.41, 5.74) is 2.85. The molecule has 1 aromatic carbocycles. The standard InChI is InChI=1S/C14H10ClN3OS/c1-9-4-5-10(15)7-12(9)18-14(11(8-19)16-17-18)13-3-2-6-20-13/h2-8H,1H3. The Balaban J connectivity index is 2.27. The Hall–Kier alpha value is -1.98. The van der Waals surface area contributed by atoms with Gasteiger partial charge in [0.2, 0.25) is 0 Å². The minimum atomic E-state index is 0.326. The molecule has 3 aromatic rings. The Kier molecular flexibility index (Phi) is 3.38. The summed E-state index contributed by atoms with van der Waals surface area (Å²) in [6.07, 6.45) is 0.721. The van der Waals surface area contributed by atoms with Crippen molar-refractivity contribution in [1.29, 1.82) is 0 Å². The number of carbonyl (C=O) groups excluding carboxylic acids is 1. The maximum atomic E-state index is 11.2. The van der Waals surface area contributed by atoms with E-state index in [2.05, 4.69) is 10.3 Å². The molecule has 0 saturated heterocycles. The Morgan fingerprint density at radius 2 is 2.20 bits per heavy atom. The largest absolute Gasteiger partial charge is 0.296 e. The molecule has 4 nitrogen and oxygen atoms in total. The van der Waals surface area contributed by atoms with E-state index in [1.807, 2.05) is 42.6 Å². The zero-order chi connectivity index (χ0) is 14.1. The minimum Gasteiger partial charge on any atom is -0.296 e. The van der Waals surface area contributed by atoms with Gasteiger partial charge in [0.25, 0.3) is 0 Å². The van der Waals surface area contributed by atoms with E-state index in [0.717, 1.165) is 22.4 Å². The van der Waals surface area contributed by atoms with Crippen LogP contribution in [0.5, 0.6) is 0 Å². The van der Waals surface area contributed by atoms with Crippen LogP contribution in [0.4, 0.5) is 0 Å². The molecule has 0 aliphatic heterocycles. The molecule has 0 spiro atoms. The molecule has 0 saturated carbocycles. The summed E-state index contributed by atoms with van der Waals surface area (Å²) in [7, 11) is 0. The summed E-state index contributed by atoms with van der Waals surface area (Å²) in [6, 6.07) is 9.42. The Bertz CT molecular complexity index is 765. The zero-order valence-electron chi connectivity index (χ0n) is 10.6. The molecule has 0 N–H and O–H groups in total. The fourth-order valence-electron chi connectivity index (χ4n) is 2.00. The monoisotopic (exact) mass is 303 g/mol.